The van der Waals surface area contributed by atoms with Gasteiger partial charge in [-0.05, 0) is 38.5 Å². The van der Waals surface area contributed by atoms with E-state index in [9.17, 15) is 14.4 Å². The van der Waals surface area contributed by atoms with Gasteiger partial charge in [-0.3, -0.25) is 9.59 Å². The molecule has 0 aliphatic rings. The lowest BCUT2D eigenvalue weighted by Gasteiger charge is -2.19. The Morgan fingerprint density at radius 2 is 1.92 bits per heavy atom. The third-order valence-corrected chi connectivity index (χ3v) is 2.84. The minimum absolute atomic E-state index is 0.217. The number of rotatable bonds is 7. The number of benzene rings is 1. The van der Waals surface area contributed by atoms with Crippen molar-refractivity contribution in [2.45, 2.75) is 45.8 Å². The summed E-state index contributed by atoms with van der Waals surface area (Å²) in [6.07, 6.45) is 0.235. The summed E-state index contributed by atoms with van der Waals surface area (Å²) >= 11 is 0. The van der Waals surface area contributed by atoms with Crippen LogP contribution in [0.25, 0.3) is 0 Å². The van der Waals surface area contributed by atoms with Crippen molar-refractivity contribution in [3.05, 3.63) is 29.8 Å². The number of hydrogen-bond acceptors (Lipinski definition) is 5. The third kappa shape index (κ3) is 7.62. The van der Waals surface area contributed by atoms with Gasteiger partial charge in [0.15, 0.2) is 6.61 Å². The van der Waals surface area contributed by atoms with E-state index in [1.54, 1.807) is 45.0 Å². The summed E-state index contributed by atoms with van der Waals surface area (Å²) in [5.74, 6) is -0.966. The molecule has 1 aromatic rings. The lowest BCUT2D eigenvalue weighted by atomic mass is 10.1. The first-order valence-corrected chi connectivity index (χ1v) is 7.57. The van der Waals surface area contributed by atoms with Crippen LogP contribution < -0.4 is 15.8 Å². The standard InChI is InChI=1S/C17H24N2O5/c1-11(20)19-14(16(18)22)9-12-6-5-7-13(8-12)23-10-15(21)24-17(2,3)4/h5-8,14H,9-10H2,1-4H3,(H2,18,22)(H,19,20)/t14-/m0/s1. The minimum atomic E-state index is -0.802. The molecule has 0 spiro atoms. The maximum Gasteiger partial charge on any atom is 0.344 e. The fourth-order valence-corrected chi connectivity index (χ4v) is 1.98. The molecule has 0 aromatic heterocycles. The lowest BCUT2D eigenvalue weighted by Crippen LogP contribution is -2.44. The van der Waals surface area contributed by atoms with Crippen LogP contribution in [0, 0.1) is 0 Å². The molecule has 0 radical (unpaired) electrons. The molecule has 0 aliphatic carbocycles. The average molecular weight is 336 g/mol. The number of esters is 1. The van der Waals surface area contributed by atoms with Crippen molar-refractivity contribution in [3.63, 3.8) is 0 Å². The number of hydrogen-bond donors (Lipinski definition) is 2. The SMILES string of the molecule is CC(=O)N[C@@H](Cc1cccc(OCC(=O)OC(C)(C)C)c1)C(N)=O. The van der Waals surface area contributed by atoms with E-state index in [2.05, 4.69) is 5.32 Å². The van der Waals surface area contributed by atoms with E-state index in [4.69, 9.17) is 15.2 Å². The molecule has 24 heavy (non-hydrogen) atoms. The van der Waals surface area contributed by atoms with Crippen LogP contribution in [0.15, 0.2) is 24.3 Å². The van der Waals surface area contributed by atoms with Gasteiger partial charge in [-0.25, -0.2) is 4.79 Å². The van der Waals surface area contributed by atoms with E-state index in [0.29, 0.717) is 5.75 Å². The first-order valence-electron chi connectivity index (χ1n) is 7.57. The molecule has 1 aromatic carbocycles. The summed E-state index contributed by atoms with van der Waals surface area (Å²) < 4.78 is 10.6. The highest BCUT2D eigenvalue weighted by atomic mass is 16.6. The first-order chi connectivity index (χ1) is 11.1. The van der Waals surface area contributed by atoms with Gasteiger partial charge in [0.05, 0.1) is 0 Å². The highest BCUT2D eigenvalue weighted by molar-refractivity contribution is 5.85. The normalized spacial score (nSPS) is 12.2. The van der Waals surface area contributed by atoms with E-state index >= 15 is 0 Å². The quantitative estimate of drug-likeness (QED) is 0.721. The molecule has 7 nitrogen and oxygen atoms in total. The van der Waals surface area contributed by atoms with Crippen LogP contribution >= 0.6 is 0 Å². The molecule has 1 rings (SSSR count). The van der Waals surface area contributed by atoms with Gasteiger partial charge in [-0.2, -0.15) is 0 Å². The molecule has 0 heterocycles. The molecule has 0 saturated heterocycles. The van der Waals surface area contributed by atoms with Crippen LogP contribution in [0.4, 0.5) is 0 Å². The van der Waals surface area contributed by atoms with Crippen LogP contribution in [0.2, 0.25) is 0 Å². The highest BCUT2D eigenvalue weighted by Gasteiger charge is 2.18. The van der Waals surface area contributed by atoms with Gasteiger partial charge < -0.3 is 20.5 Å². The molecule has 7 heteroatoms. The second kappa shape index (κ2) is 8.33. The van der Waals surface area contributed by atoms with Gasteiger partial charge in [0.2, 0.25) is 11.8 Å². The van der Waals surface area contributed by atoms with Crippen LogP contribution in [0.3, 0.4) is 0 Å². The monoisotopic (exact) mass is 336 g/mol. The van der Waals surface area contributed by atoms with E-state index in [0.717, 1.165) is 5.56 Å². The topological polar surface area (TPSA) is 108 Å². The summed E-state index contributed by atoms with van der Waals surface area (Å²) in [5.41, 5.74) is 5.45. The molecule has 0 saturated carbocycles. The van der Waals surface area contributed by atoms with Gasteiger partial charge in [0.1, 0.15) is 17.4 Å². The third-order valence-electron chi connectivity index (χ3n) is 2.84. The predicted molar refractivity (Wildman–Crippen MR) is 88.3 cm³/mol. The van der Waals surface area contributed by atoms with Gasteiger partial charge in [-0.15, -0.1) is 0 Å². The Balaban J connectivity index is 2.67. The Bertz CT molecular complexity index is 607. The molecular weight excluding hydrogens is 312 g/mol. The summed E-state index contributed by atoms with van der Waals surface area (Å²) in [6.45, 7) is 6.43. The van der Waals surface area contributed by atoms with Crippen LogP contribution in [0.5, 0.6) is 5.75 Å². The number of nitrogens with one attached hydrogen (secondary N) is 1. The van der Waals surface area contributed by atoms with Crippen LogP contribution in [-0.4, -0.2) is 36.0 Å². The van der Waals surface area contributed by atoms with E-state index in [1.165, 1.54) is 6.92 Å². The average Bonchev–Trinajstić information content (AvgIpc) is 2.42. The maximum absolute atomic E-state index is 11.6. The van der Waals surface area contributed by atoms with Crippen LogP contribution in [-0.2, 0) is 25.5 Å². The minimum Gasteiger partial charge on any atom is -0.482 e. The number of nitrogens with two attached hydrogens (primary N) is 1. The van der Waals surface area contributed by atoms with Crippen molar-refractivity contribution in [1.29, 1.82) is 0 Å². The fraction of sp³-hybridized carbons (Fsp3) is 0.471. The van der Waals surface area contributed by atoms with E-state index in [-0.39, 0.29) is 18.9 Å². The van der Waals surface area contributed by atoms with Crippen molar-refractivity contribution >= 4 is 17.8 Å². The highest BCUT2D eigenvalue weighted by Crippen LogP contribution is 2.15. The maximum atomic E-state index is 11.6. The molecule has 0 fully saturated rings. The smallest absolute Gasteiger partial charge is 0.344 e. The zero-order valence-electron chi connectivity index (χ0n) is 14.4. The zero-order valence-corrected chi connectivity index (χ0v) is 14.4. The number of ether oxygens (including phenoxy) is 2. The summed E-state index contributed by atoms with van der Waals surface area (Å²) in [7, 11) is 0. The Kier molecular flexibility index (Phi) is 6.76. The van der Waals surface area contributed by atoms with E-state index in [1.807, 2.05) is 0 Å². The number of carbonyl (C=O) groups excluding carboxylic acids is 3. The predicted octanol–water partition coefficient (Wildman–Crippen LogP) is 0.940. The van der Waals surface area contributed by atoms with Gasteiger partial charge in [-0.1, -0.05) is 12.1 Å². The van der Waals surface area contributed by atoms with Crippen molar-refractivity contribution in [2.75, 3.05) is 6.61 Å². The largest absolute Gasteiger partial charge is 0.482 e. The van der Waals surface area contributed by atoms with Crippen LogP contribution in [0.1, 0.15) is 33.3 Å². The Morgan fingerprint density at radius 1 is 1.25 bits per heavy atom. The summed E-state index contributed by atoms with van der Waals surface area (Å²) in [6, 6.07) is 6.07. The number of carbonyl (C=O) groups is 3. The van der Waals surface area contributed by atoms with Crippen molar-refractivity contribution in [2.24, 2.45) is 5.73 Å². The summed E-state index contributed by atoms with van der Waals surface area (Å²) in [5, 5.41) is 2.49. The van der Waals surface area contributed by atoms with E-state index < -0.39 is 23.5 Å². The molecular formula is C17H24N2O5. The zero-order chi connectivity index (χ0) is 18.3. The number of amides is 2. The molecule has 0 unspecified atom stereocenters. The molecule has 2 amide bonds. The lowest BCUT2D eigenvalue weighted by molar-refractivity contribution is -0.157. The molecule has 0 aliphatic heterocycles. The fourth-order valence-electron chi connectivity index (χ4n) is 1.98. The summed E-state index contributed by atoms with van der Waals surface area (Å²) in [4.78, 5) is 34.1. The second-order valence-electron chi connectivity index (χ2n) is 6.38. The Labute approximate surface area is 141 Å². The van der Waals surface area contributed by atoms with Gasteiger partial charge in [0, 0.05) is 13.3 Å². The molecule has 3 N–H and O–H groups in total. The molecule has 1 atom stereocenters. The van der Waals surface area contributed by atoms with Gasteiger partial charge in [0.25, 0.3) is 0 Å². The number of primary amides is 1. The second-order valence-corrected chi connectivity index (χ2v) is 6.38. The van der Waals surface area contributed by atoms with Crippen molar-refractivity contribution < 1.29 is 23.9 Å². The van der Waals surface area contributed by atoms with Gasteiger partial charge >= 0.3 is 5.97 Å². The molecule has 0 bridgehead atoms. The van der Waals surface area contributed by atoms with Crippen molar-refractivity contribution in [3.8, 4) is 5.75 Å². The Morgan fingerprint density at radius 3 is 2.46 bits per heavy atom. The Hall–Kier alpha value is -2.57. The first kappa shape index (κ1) is 19.5. The molecule has 132 valence electrons. The van der Waals surface area contributed by atoms with Crippen molar-refractivity contribution in [1.82, 2.24) is 5.32 Å².